The molecule has 2 unspecified atom stereocenters. The van der Waals surface area contributed by atoms with Gasteiger partial charge in [0.25, 0.3) is 0 Å². The maximum absolute atomic E-state index is 10.5. The number of hydrogen-bond acceptors (Lipinski definition) is 4. The first kappa shape index (κ1) is 14.1. The molecule has 2 heterocycles. The Hall–Kier alpha value is -0.870. The predicted molar refractivity (Wildman–Crippen MR) is 81.7 cm³/mol. The van der Waals surface area contributed by atoms with E-state index in [1.807, 2.05) is 30.0 Å². The predicted octanol–water partition coefficient (Wildman–Crippen LogP) is 3.41. The van der Waals surface area contributed by atoms with Crippen molar-refractivity contribution < 1.29 is 14.6 Å². The third-order valence-electron chi connectivity index (χ3n) is 4.13. The van der Waals surface area contributed by atoms with Crippen LogP contribution in [0.15, 0.2) is 18.2 Å². The molecule has 0 aromatic heterocycles. The topological polar surface area (TPSA) is 38.7 Å². The second-order valence-electron chi connectivity index (χ2n) is 6.74. The minimum absolute atomic E-state index is 0.229. The van der Waals surface area contributed by atoms with Gasteiger partial charge in [0.15, 0.2) is 0 Å². The summed E-state index contributed by atoms with van der Waals surface area (Å²) < 4.78 is 11.6. The normalized spacial score (nSPS) is 31.5. The van der Waals surface area contributed by atoms with Gasteiger partial charge in [0.2, 0.25) is 0 Å². The molecule has 3 nitrogen and oxygen atoms in total. The van der Waals surface area contributed by atoms with Crippen LogP contribution in [0.4, 0.5) is 0 Å². The molecule has 20 heavy (non-hydrogen) atoms. The number of thioether (sulfide) groups is 1. The van der Waals surface area contributed by atoms with Gasteiger partial charge >= 0.3 is 0 Å². The van der Waals surface area contributed by atoms with Gasteiger partial charge in [-0.2, -0.15) is 11.8 Å². The van der Waals surface area contributed by atoms with E-state index in [1.165, 1.54) is 0 Å². The molecule has 1 aromatic rings. The third kappa shape index (κ3) is 2.51. The molecule has 0 radical (unpaired) electrons. The molecule has 0 saturated carbocycles. The monoisotopic (exact) mass is 294 g/mol. The number of ether oxygens (including phenoxy) is 2. The van der Waals surface area contributed by atoms with Crippen LogP contribution in [0.3, 0.4) is 0 Å². The first-order valence-electron chi connectivity index (χ1n) is 7.06. The Kier molecular flexibility index (Phi) is 3.41. The maximum atomic E-state index is 10.5. The van der Waals surface area contributed by atoms with Crippen molar-refractivity contribution in [2.75, 3.05) is 18.6 Å². The summed E-state index contributed by atoms with van der Waals surface area (Å²) in [5.74, 6) is 3.69. The lowest BCUT2D eigenvalue weighted by Crippen LogP contribution is -2.50. The first-order chi connectivity index (χ1) is 9.43. The van der Waals surface area contributed by atoms with E-state index >= 15 is 0 Å². The molecule has 0 bridgehead atoms. The summed E-state index contributed by atoms with van der Waals surface area (Å²) in [4.78, 5) is 0. The second-order valence-corrected chi connectivity index (χ2v) is 7.73. The van der Waals surface area contributed by atoms with Gasteiger partial charge in [-0.25, -0.2) is 0 Å². The molecule has 1 N–H and O–H groups in total. The van der Waals surface area contributed by atoms with Crippen LogP contribution in [-0.4, -0.2) is 29.3 Å². The average Bonchev–Trinajstić information content (AvgIpc) is 2.37. The molecule has 4 heteroatoms. The van der Waals surface area contributed by atoms with Crippen molar-refractivity contribution in [1.29, 1.82) is 0 Å². The second kappa shape index (κ2) is 4.85. The lowest BCUT2D eigenvalue weighted by Gasteiger charge is -2.48. The minimum Gasteiger partial charge on any atom is -0.497 e. The average molecular weight is 294 g/mol. The van der Waals surface area contributed by atoms with Crippen LogP contribution < -0.4 is 9.47 Å². The third-order valence-corrected chi connectivity index (χ3v) is 5.84. The van der Waals surface area contributed by atoms with Crippen molar-refractivity contribution >= 4 is 11.8 Å². The van der Waals surface area contributed by atoms with Crippen molar-refractivity contribution in [3.63, 3.8) is 0 Å². The van der Waals surface area contributed by atoms with E-state index in [1.54, 1.807) is 7.11 Å². The molecule has 1 spiro atoms. The molecule has 1 aromatic carbocycles. The summed E-state index contributed by atoms with van der Waals surface area (Å²) in [6, 6.07) is 5.70. The van der Waals surface area contributed by atoms with E-state index in [4.69, 9.17) is 9.47 Å². The van der Waals surface area contributed by atoms with Crippen molar-refractivity contribution in [1.82, 2.24) is 0 Å². The van der Waals surface area contributed by atoms with Gasteiger partial charge < -0.3 is 14.6 Å². The number of benzene rings is 1. The minimum atomic E-state index is -0.469. The zero-order valence-electron chi connectivity index (χ0n) is 12.3. The van der Waals surface area contributed by atoms with Crippen LogP contribution in [0.25, 0.3) is 0 Å². The molecule has 0 amide bonds. The fourth-order valence-electron chi connectivity index (χ4n) is 3.43. The zero-order chi connectivity index (χ0) is 14.4. The number of hydrogen-bond donors (Lipinski definition) is 1. The first-order valence-corrected chi connectivity index (χ1v) is 8.21. The Morgan fingerprint density at radius 3 is 2.85 bits per heavy atom. The number of fused-ring (bicyclic) bond motifs is 1. The summed E-state index contributed by atoms with van der Waals surface area (Å²) in [5, 5.41) is 10.5. The van der Waals surface area contributed by atoms with Gasteiger partial charge in [-0.15, -0.1) is 0 Å². The molecular weight excluding hydrogens is 272 g/mol. The van der Waals surface area contributed by atoms with Crippen LogP contribution in [0.5, 0.6) is 11.5 Å². The summed E-state index contributed by atoms with van der Waals surface area (Å²) in [5.41, 5.74) is 0.878. The Labute approximate surface area is 124 Å². The van der Waals surface area contributed by atoms with Crippen LogP contribution in [0, 0.1) is 5.41 Å². The Morgan fingerprint density at radius 2 is 2.15 bits per heavy atom. The van der Waals surface area contributed by atoms with Crippen LogP contribution in [0.2, 0.25) is 0 Å². The Bertz CT molecular complexity index is 514. The molecule has 2 aliphatic rings. The Morgan fingerprint density at radius 1 is 1.35 bits per heavy atom. The van der Waals surface area contributed by atoms with Crippen molar-refractivity contribution in [3.8, 4) is 11.5 Å². The number of rotatable bonds is 1. The molecule has 2 atom stereocenters. The van der Waals surface area contributed by atoms with E-state index < -0.39 is 6.10 Å². The highest BCUT2D eigenvalue weighted by Gasteiger charge is 2.46. The quantitative estimate of drug-likeness (QED) is 0.861. The largest absolute Gasteiger partial charge is 0.497 e. The summed E-state index contributed by atoms with van der Waals surface area (Å²) in [7, 11) is 1.64. The molecule has 1 fully saturated rings. The van der Waals surface area contributed by atoms with Gasteiger partial charge in [-0.1, -0.05) is 13.8 Å². The summed E-state index contributed by atoms with van der Waals surface area (Å²) in [6.07, 6.45) is 1.20. The fraction of sp³-hybridized carbons (Fsp3) is 0.625. The lowest BCUT2D eigenvalue weighted by molar-refractivity contribution is -0.0255. The molecule has 3 rings (SSSR count). The van der Waals surface area contributed by atoms with Crippen LogP contribution in [-0.2, 0) is 0 Å². The zero-order valence-corrected chi connectivity index (χ0v) is 13.1. The van der Waals surface area contributed by atoms with Crippen LogP contribution in [0.1, 0.15) is 38.4 Å². The van der Waals surface area contributed by atoms with E-state index in [0.717, 1.165) is 35.0 Å². The summed E-state index contributed by atoms with van der Waals surface area (Å²) >= 11 is 1.93. The lowest BCUT2D eigenvalue weighted by atomic mass is 9.77. The number of methoxy groups -OCH3 is 1. The van der Waals surface area contributed by atoms with Gasteiger partial charge in [0.05, 0.1) is 13.2 Å². The van der Waals surface area contributed by atoms with E-state index in [2.05, 4.69) is 13.8 Å². The van der Waals surface area contributed by atoms with Crippen LogP contribution >= 0.6 is 11.8 Å². The molecule has 1 saturated heterocycles. The summed E-state index contributed by atoms with van der Waals surface area (Å²) in [6.45, 7) is 4.56. The van der Waals surface area contributed by atoms with Crippen molar-refractivity contribution in [2.24, 2.45) is 5.41 Å². The van der Waals surface area contributed by atoms with Crippen molar-refractivity contribution in [3.05, 3.63) is 23.8 Å². The molecule has 0 aliphatic carbocycles. The van der Waals surface area contributed by atoms with E-state index in [-0.39, 0.29) is 11.0 Å². The highest BCUT2D eigenvalue weighted by atomic mass is 32.2. The van der Waals surface area contributed by atoms with Crippen molar-refractivity contribution in [2.45, 2.75) is 38.4 Å². The maximum Gasteiger partial charge on any atom is 0.126 e. The van der Waals surface area contributed by atoms with E-state index in [9.17, 15) is 5.11 Å². The SMILES string of the molecule is COc1ccc2c(c1)C(O)CC1(CSCC(C)(C)C1)O2. The smallest absolute Gasteiger partial charge is 0.126 e. The number of aliphatic hydroxyl groups is 1. The highest BCUT2D eigenvalue weighted by molar-refractivity contribution is 7.99. The highest BCUT2D eigenvalue weighted by Crippen LogP contribution is 2.50. The molecule has 2 aliphatic heterocycles. The van der Waals surface area contributed by atoms with Gasteiger partial charge in [-0.05, 0) is 35.8 Å². The molecule has 110 valence electrons. The van der Waals surface area contributed by atoms with E-state index in [0.29, 0.717) is 6.42 Å². The standard InChI is InChI=1S/C16H22O3S/c1-15(2)8-16(10-20-9-15)7-13(17)12-6-11(18-3)4-5-14(12)19-16/h4-6,13,17H,7-10H2,1-3H3. The fourth-order valence-corrected chi connectivity index (χ4v) is 4.84. The van der Waals surface area contributed by atoms with Gasteiger partial charge in [0, 0.05) is 17.7 Å². The molecular formula is C16H22O3S. The number of aliphatic hydroxyl groups excluding tert-OH is 1. The Balaban J connectivity index is 1.92. The van der Waals surface area contributed by atoms with Gasteiger partial charge in [0.1, 0.15) is 17.1 Å². The van der Waals surface area contributed by atoms with Gasteiger partial charge in [-0.3, -0.25) is 0 Å².